The summed E-state index contributed by atoms with van der Waals surface area (Å²) in [5.74, 6) is 0. The molecule has 0 bridgehead atoms. The summed E-state index contributed by atoms with van der Waals surface area (Å²) in [4.78, 5) is 2.43. The lowest BCUT2D eigenvalue weighted by Gasteiger charge is -2.28. The minimum Gasteiger partial charge on any atom is -0.310 e. The SMILES string of the molecule is CC1(C)c2ccc(N(c3ccccc3)c3ccc4c(c3)-c3ccc5ccccc5c3C4(C)C)cc2-c2ccc3ccccc3c21. The molecule has 0 heterocycles. The quantitative estimate of drug-likeness (QED) is 0.202. The number of benzene rings is 7. The van der Waals surface area contributed by atoms with Crippen LogP contribution in [0.1, 0.15) is 49.9 Å². The standard InChI is InChI=1S/C44H35N/c1-43(2)39-24-20-31(26-37(39)35-22-18-28-12-8-10-16-33(28)41(35)43)45(30-14-6-5-7-15-30)32-21-25-40-38(27-32)36-23-19-29-13-9-11-17-34(29)42(36)44(40,3)4/h5-27H,1-4H3. The van der Waals surface area contributed by atoms with Crippen LogP contribution in [0.2, 0.25) is 0 Å². The first kappa shape index (κ1) is 26.3. The third-order valence-corrected chi connectivity index (χ3v) is 10.6. The molecule has 45 heavy (non-hydrogen) atoms. The molecule has 216 valence electrons. The average molecular weight is 578 g/mol. The third-order valence-electron chi connectivity index (χ3n) is 10.6. The lowest BCUT2D eigenvalue weighted by molar-refractivity contribution is 0.666. The van der Waals surface area contributed by atoms with Crippen LogP contribution < -0.4 is 4.90 Å². The lowest BCUT2D eigenvalue weighted by atomic mass is 9.80. The molecule has 7 aromatic rings. The molecule has 7 aromatic carbocycles. The second-order valence-electron chi connectivity index (χ2n) is 13.8. The normalized spacial score (nSPS) is 15.0. The van der Waals surface area contributed by atoms with Crippen LogP contribution >= 0.6 is 0 Å². The summed E-state index contributed by atoms with van der Waals surface area (Å²) in [6.45, 7) is 9.51. The minimum absolute atomic E-state index is 0.0761. The fourth-order valence-corrected chi connectivity index (χ4v) is 8.51. The number of rotatable bonds is 3. The minimum atomic E-state index is -0.0761. The number of hydrogen-bond acceptors (Lipinski definition) is 1. The van der Waals surface area contributed by atoms with Gasteiger partial charge in [-0.15, -0.1) is 0 Å². The topological polar surface area (TPSA) is 3.24 Å². The Morgan fingerprint density at radius 3 is 1.31 bits per heavy atom. The van der Waals surface area contributed by atoms with Crippen LogP contribution in [0.15, 0.2) is 140 Å². The first-order valence-electron chi connectivity index (χ1n) is 16.0. The molecule has 2 aliphatic carbocycles. The van der Waals surface area contributed by atoms with Crippen LogP contribution in [0.3, 0.4) is 0 Å². The molecule has 1 nitrogen and oxygen atoms in total. The van der Waals surface area contributed by atoms with Gasteiger partial charge in [0.2, 0.25) is 0 Å². The van der Waals surface area contributed by atoms with Crippen LogP contribution in [0.5, 0.6) is 0 Å². The largest absolute Gasteiger partial charge is 0.310 e. The van der Waals surface area contributed by atoms with Crippen LogP contribution in [0.4, 0.5) is 17.1 Å². The molecule has 0 radical (unpaired) electrons. The van der Waals surface area contributed by atoms with Crippen molar-refractivity contribution in [1.82, 2.24) is 0 Å². The summed E-state index contributed by atoms with van der Waals surface area (Å²) in [6.07, 6.45) is 0. The molecule has 0 amide bonds. The molecule has 0 saturated carbocycles. The van der Waals surface area contributed by atoms with Crippen molar-refractivity contribution in [1.29, 1.82) is 0 Å². The predicted molar refractivity (Wildman–Crippen MR) is 191 cm³/mol. The van der Waals surface area contributed by atoms with Gasteiger partial charge >= 0.3 is 0 Å². The van der Waals surface area contributed by atoms with Gasteiger partial charge in [-0.1, -0.05) is 131 Å². The van der Waals surface area contributed by atoms with E-state index in [1.807, 2.05) is 0 Å². The molecule has 0 unspecified atom stereocenters. The summed E-state index contributed by atoms with van der Waals surface area (Å²) in [5, 5.41) is 5.31. The van der Waals surface area contributed by atoms with Crippen molar-refractivity contribution < 1.29 is 0 Å². The molecule has 0 aromatic heterocycles. The third kappa shape index (κ3) is 3.61. The Morgan fingerprint density at radius 1 is 0.378 bits per heavy atom. The average Bonchev–Trinajstić information content (AvgIpc) is 3.44. The summed E-state index contributed by atoms with van der Waals surface area (Å²) in [7, 11) is 0. The Bertz CT molecular complexity index is 2180. The second kappa shape index (κ2) is 9.19. The molecule has 0 N–H and O–H groups in total. The van der Waals surface area contributed by atoms with Gasteiger partial charge in [0, 0.05) is 27.9 Å². The van der Waals surface area contributed by atoms with Crippen LogP contribution in [-0.4, -0.2) is 0 Å². The van der Waals surface area contributed by atoms with E-state index in [0.717, 1.165) is 5.69 Å². The highest BCUT2D eigenvalue weighted by Crippen LogP contribution is 2.55. The van der Waals surface area contributed by atoms with Crippen molar-refractivity contribution in [3.63, 3.8) is 0 Å². The van der Waals surface area contributed by atoms with E-state index in [0.29, 0.717) is 0 Å². The van der Waals surface area contributed by atoms with E-state index in [1.165, 1.54) is 77.4 Å². The van der Waals surface area contributed by atoms with Crippen molar-refractivity contribution in [2.75, 3.05) is 4.90 Å². The first-order chi connectivity index (χ1) is 21.8. The zero-order valence-electron chi connectivity index (χ0n) is 26.2. The van der Waals surface area contributed by atoms with E-state index in [9.17, 15) is 0 Å². The fourth-order valence-electron chi connectivity index (χ4n) is 8.51. The van der Waals surface area contributed by atoms with Gasteiger partial charge in [0.05, 0.1) is 0 Å². The molecule has 9 rings (SSSR count). The second-order valence-corrected chi connectivity index (χ2v) is 13.8. The van der Waals surface area contributed by atoms with Crippen LogP contribution in [0, 0.1) is 0 Å². The van der Waals surface area contributed by atoms with Gasteiger partial charge in [-0.05, 0) is 102 Å². The van der Waals surface area contributed by atoms with E-state index < -0.39 is 0 Å². The molecule has 1 heteroatoms. The summed E-state index contributed by atoms with van der Waals surface area (Å²) >= 11 is 0. The van der Waals surface area contributed by atoms with Gasteiger partial charge in [0.1, 0.15) is 0 Å². The van der Waals surface area contributed by atoms with E-state index in [4.69, 9.17) is 0 Å². The zero-order valence-corrected chi connectivity index (χ0v) is 26.2. The molecule has 0 fully saturated rings. The number of para-hydroxylation sites is 1. The Morgan fingerprint density at radius 2 is 0.822 bits per heavy atom. The Labute approximate surface area is 265 Å². The summed E-state index contributed by atoms with van der Waals surface area (Å²) in [5.41, 5.74) is 14.4. The highest BCUT2D eigenvalue weighted by molar-refractivity contribution is 6.00. The van der Waals surface area contributed by atoms with Gasteiger partial charge in [-0.2, -0.15) is 0 Å². The van der Waals surface area contributed by atoms with Gasteiger partial charge in [0.15, 0.2) is 0 Å². The zero-order chi connectivity index (χ0) is 30.5. The van der Waals surface area contributed by atoms with Crippen molar-refractivity contribution in [2.24, 2.45) is 0 Å². The molecule has 0 atom stereocenters. The maximum absolute atomic E-state index is 2.43. The first-order valence-corrected chi connectivity index (χ1v) is 16.0. The smallest absolute Gasteiger partial charge is 0.0468 e. The van der Waals surface area contributed by atoms with Crippen molar-refractivity contribution in [3.05, 3.63) is 162 Å². The Hall–Kier alpha value is -5.14. The van der Waals surface area contributed by atoms with E-state index >= 15 is 0 Å². The van der Waals surface area contributed by atoms with Gasteiger partial charge < -0.3 is 4.90 Å². The Kier molecular flexibility index (Phi) is 5.37. The number of hydrogen-bond donors (Lipinski definition) is 0. The maximum Gasteiger partial charge on any atom is 0.0468 e. The van der Waals surface area contributed by atoms with Gasteiger partial charge in [-0.3, -0.25) is 0 Å². The van der Waals surface area contributed by atoms with Crippen molar-refractivity contribution in [2.45, 2.75) is 38.5 Å². The number of anilines is 3. The van der Waals surface area contributed by atoms with Gasteiger partial charge in [-0.25, -0.2) is 0 Å². The van der Waals surface area contributed by atoms with Crippen molar-refractivity contribution in [3.8, 4) is 22.3 Å². The van der Waals surface area contributed by atoms with Crippen LogP contribution in [-0.2, 0) is 10.8 Å². The number of nitrogens with zero attached hydrogens (tertiary/aromatic N) is 1. The lowest BCUT2D eigenvalue weighted by Crippen LogP contribution is -2.16. The summed E-state index contributed by atoms with van der Waals surface area (Å²) < 4.78 is 0. The molecular formula is C44H35N. The Balaban J connectivity index is 1.25. The highest BCUT2D eigenvalue weighted by atomic mass is 15.1. The predicted octanol–water partition coefficient (Wildman–Crippen LogP) is 12.1. The summed E-state index contributed by atoms with van der Waals surface area (Å²) in [6, 6.07) is 51.9. The highest BCUT2D eigenvalue weighted by Gasteiger charge is 2.39. The van der Waals surface area contributed by atoms with Crippen molar-refractivity contribution >= 4 is 38.6 Å². The van der Waals surface area contributed by atoms with E-state index in [1.54, 1.807) is 0 Å². The fraction of sp³-hybridized carbons (Fsp3) is 0.136. The molecule has 0 saturated heterocycles. The van der Waals surface area contributed by atoms with E-state index in [-0.39, 0.29) is 10.8 Å². The molecular weight excluding hydrogens is 542 g/mol. The number of fused-ring (bicyclic) bond motifs is 10. The van der Waals surface area contributed by atoms with E-state index in [2.05, 4.69) is 172 Å². The monoisotopic (exact) mass is 577 g/mol. The molecule has 0 spiro atoms. The van der Waals surface area contributed by atoms with Gasteiger partial charge in [0.25, 0.3) is 0 Å². The maximum atomic E-state index is 2.43. The molecule has 2 aliphatic rings. The molecule has 0 aliphatic heterocycles. The van der Waals surface area contributed by atoms with Crippen LogP contribution in [0.25, 0.3) is 43.8 Å².